The van der Waals surface area contributed by atoms with Crippen molar-refractivity contribution in [1.82, 2.24) is 5.32 Å². The van der Waals surface area contributed by atoms with Crippen molar-refractivity contribution in [2.75, 3.05) is 6.54 Å². The van der Waals surface area contributed by atoms with Gasteiger partial charge in [0.2, 0.25) is 0 Å². The van der Waals surface area contributed by atoms with E-state index >= 15 is 0 Å². The van der Waals surface area contributed by atoms with Gasteiger partial charge in [-0.1, -0.05) is 25.8 Å². The first-order valence-corrected chi connectivity index (χ1v) is 8.00. The number of ether oxygens (including phenoxy) is 1. The van der Waals surface area contributed by atoms with Crippen molar-refractivity contribution in [3.05, 3.63) is 22.4 Å². The third-order valence-corrected chi connectivity index (χ3v) is 4.50. The van der Waals surface area contributed by atoms with Crippen LogP contribution in [0.2, 0.25) is 0 Å². The fraction of sp³-hybridized carbons (Fsp3) is 0.733. The standard InChI is InChI=1S/C15H25NOS/c1-12-5-3-6-14(9-12)17-13(2)10-16-11-15-7-4-8-18-15/h4,7-8,12-14,16H,3,5-6,9-11H2,1-2H3. The predicted molar refractivity (Wildman–Crippen MR) is 78.0 cm³/mol. The van der Waals surface area contributed by atoms with Gasteiger partial charge < -0.3 is 10.1 Å². The molecule has 1 heterocycles. The zero-order valence-corrected chi connectivity index (χ0v) is 12.3. The zero-order valence-electron chi connectivity index (χ0n) is 11.5. The molecule has 0 aliphatic heterocycles. The summed E-state index contributed by atoms with van der Waals surface area (Å²) in [5.41, 5.74) is 0. The Morgan fingerprint density at radius 3 is 3.11 bits per heavy atom. The minimum atomic E-state index is 0.320. The molecule has 0 radical (unpaired) electrons. The van der Waals surface area contributed by atoms with Crippen molar-refractivity contribution >= 4 is 11.3 Å². The van der Waals surface area contributed by atoms with Gasteiger partial charge in [0.25, 0.3) is 0 Å². The lowest BCUT2D eigenvalue weighted by Gasteiger charge is -2.29. The van der Waals surface area contributed by atoms with Gasteiger partial charge >= 0.3 is 0 Å². The van der Waals surface area contributed by atoms with Gasteiger partial charge in [-0.05, 0) is 37.1 Å². The van der Waals surface area contributed by atoms with Crippen molar-refractivity contribution in [1.29, 1.82) is 0 Å². The van der Waals surface area contributed by atoms with Crippen LogP contribution in [0.25, 0.3) is 0 Å². The molecule has 3 unspecified atom stereocenters. The van der Waals surface area contributed by atoms with E-state index in [2.05, 4.69) is 36.7 Å². The van der Waals surface area contributed by atoms with E-state index < -0.39 is 0 Å². The smallest absolute Gasteiger partial charge is 0.0675 e. The first-order valence-electron chi connectivity index (χ1n) is 7.12. The van der Waals surface area contributed by atoms with Crippen LogP contribution in [0.1, 0.15) is 44.4 Å². The second kappa shape index (κ2) is 7.27. The molecule has 1 saturated carbocycles. The summed E-state index contributed by atoms with van der Waals surface area (Å²) in [6, 6.07) is 4.27. The van der Waals surface area contributed by atoms with Crippen molar-refractivity contribution in [2.24, 2.45) is 5.92 Å². The fourth-order valence-electron chi connectivity index (χ4n) is 2.69. The average Bonchev–Trinajstić information content (AvgIpc) is 2.82. The van der Waals surface area contributed by atoms with Crippen LogP contribution in [0.15, 0.2) is 17.5 Å². The summed E-state index contributed by atoms with van der Waals surface area (Å²) in [5.74, 6) is 0.843. The zero-order chi connectivity index (χ0) is 12.8. The summed E-state index contributed by atoms with van der Waals surface area (Å²) in [6.45, 7) is 6.44. The summed E-state index contributed by atoms with van der Waals surface area (Å²) in [4.78, 5) is 1.40. The molecule has 3 atom stereocenters. The van der Waals surface area contributed by atoms with Gasteiger partial charge in [-0.25, -0.2) is 0 Å². The Hall–Kier alpha value is -0.380. The first kappa shape index (κ1) is 14.0. The molecule has 0 aromatic carbocycles. The van der Waals surface area contributed by atoms with Crippen LogP contribution in [-0.4, -0.2) is 18.8 Å². The molecule has 1 aromatic heterocycles. The Morgan fingerprint density at radius 2 is 2.39 bits per heavy atom. The molecule has 18 heavy (non-hydrogen) atoms. The SMILES string of the molecule is CC1CCCC(OC(C)CNCc2cccs2)C1. The molecule has 1 fully saturated rings. The first-order chi connectivity index (χ1) is 8.74. The van der Waals surface area contributed by atoms with Crippen LogP contribution in [0.5, 0.6) is 0 Å². The fourth-order valence-corrected chi connectivity index (χ4v) is 3.36. The van der Waals surface area contributed by atoms with Crippen molar-refractivity contribution in [3.63, 3.8) is 0 Å². The van der Waals surface area contributed by atoms with Crippen molar-refractivity contribution in [2.45, 2.75) is 58.3 Å². The lowest BCUT2D eigenvalue weighted by atomic mass is 9.88. The van der Waals surface area contributed by atoms with Crippen LogP contribution in [0.3, 0.4) is 0 Å². The second-order valence-electron chi connectivity index (χ2n) is 5.55. The minimum absolute atomic E-state index is 0.320. The van der Waals surface area contributed by atoms with Gasteiger partial charge in [-0.2, -0.15) is 0 Å². The molecule has 2 nitrogen and oxygen atoms in total. The van der Waals surface area contributed by atoms with Crippen LogP contribution in [-0.2, 0) is 11.3 Å². The summed E-state index contributed by atoms with van der Waals surface area (Å²) >= 11 is 1.81. The topological polar surface area (TPSA) is 21.3 Å². The van der Waals surface area contributed by atoms with Crippen molar-refractivity contribution < 1.29 is 4.74 Å². The molecule has 0 saturated heterocycles. The third-order valence-electron chi connectivity index (χ3n) is 3.62. The third kappa shape index (κ3) is 4.71. The summed E-state index contributed by atoms with van der Waals surface area (Å²) in [5, 5.41) is 5.60. The number of rotatable bonds is 6. The van der Waals surface area contributed by atoms with E-state index in [0.717, 1.165) is 19.0 Å². The largest absolute Gasteiger partial charge is 0.374 e. The summed E-state index contributed by atoms with van der Waals surface area (Å²) in [6.07, 6.45) is 6.02. The molecule has 0 amide bonds. The maximum absolute atomic E-state index is 6.12. The predicted octanol–water partition coefficient (Wildman–Crippen LogP) is 3.82. The minimum Gasteiger partial charge on any atom is -0.374 e. The quantitative estimate of drug-likeness (QED) is 0.846. The van der Waals surface area contributed by atoms with Crippen LogP contribution in [0.4, 0.5) is 0 Å². The highest BCUT2D eigenvalue weighted by atomic mass is 32.1. The normalized spacial score (nSPS) is 26.1. The lowest BCUT2D eigenvalue weighted by molar-refractivity contribution is -0.0293. The van der Waals surface area contributed by atoms with Crippen LogP contribution < -0.4 is 5.32 Å². The molecule has 2 rings (SSSR count). The molecular weight excluding hydrogens is 242 g/mol. The van der Waals surface area contributed by atoms with Gasteiger partial charge in [0.15, 0.2) is 0 Å². The summed E-state index contributed by atoms with van der Waals surface area (Å²) < 4.78 is 6.12. The van der Waals surface area contributed by atoms with E-state index in [4.69, 9.17) is 4.74 Å². The van der Waals surface area contributed by atoms with E-state index in [0.29, 0.717) is 12.2 Å². The van der Waals surface area contributed by atoms with Gasteiger partial charge in [-0.15, -0.1) is 11.3 Å². The Balaban J connectivity index is 1.61. The highest BCUT2D eigenvalue weighted by Gasteiger charge is 2.20. The molecule has 0 spiro atoms. The lowest BCUT2D eigenvalue weighted by Crippen LogP contribution is -2.32. The maximum atomic E-state index is 6.12. The van der Waals surface area contributed by atoms with E-state index in [9.17, 15) is 0 Å². The molecule has 1 aliphatic carbocycles. The molecule has 1 aromatic rings. The Kier molecular flexibility index (Phi) is 5.67. The van der Waals surface area contributed by atoms with Gasteiger partial charge in [0.05, 0.1) is 12.2 Å². The summed E-state index contributed by atoms with van der Waals surface area (Å²) in [7, 11) is 0. The highest BCUT2D eigenvalue weighted by Crippen LogP contribution is 2.26. The van der Waals surface area contributed by atoms with Crippen LogP contribution >= 0.6 is 11.3 Å². The van der Waals surface area contributed by atoms with E-state index in [1.165, 1.54) is 30.6 Å². The highest BCUT2D eigenvalue weighted by molar-refractivity contribution is 7.09. The van der Waals surface area contributed by atoms with Crippen LogP contribution in [0, 0.1) is 5.92 Å². The Bertz CT molecular complexity index is 325. The van der Waals surface area contributed by atoms with Gasteiger partial charge in [0.1, 0.15) is 0 Å². The van der Waals surface area contributed by atoms with Gasteiger partial charge in [0, 0.05) is 18.0 Å². The number of thiophene rings is 1. The number of hydrogen-bond donors (Lipinski definition) is 1. The number of nitrogens with one attached hydrogen (secondary N) is 1. The van der Waals surface area contributed by atoms with E-state index in [1.807, 2.05) is 11.3 Å². The molecule has 1 aliphatic rings. The van der Waals surface area contributed by atoms with E-state index in [-0.39, 0.29) is 0 Å². The molecular formula is C15H25NOS. The molecule has 102 valence electrons. The van der Waals surface area contributed by atoms with Crippen molar-refractivity contribution in [3.8, 4) is 0 Å². The monoisotopic (exact) mass is 267 g/mol. The van der Waals surface area contributed by atoms with E-state index in [1.54, 1.807) is 0 Å². The van der Waals surface area contributed by atoms with Gasteiger partial charge in [-0.3, -0.25) is 0 Å². The number of hydrogen-bond acceptors (Lipinski definition) is 3. The molecule has 3 heteroatoms. The second-order valence-corrected chi connectivity index (χ2v) is 6.58. The Morgan fingerprint density at radius 1 is 1.50 bits per heavy atom. The average molecular weight is 267 g/mol. The molecule has 1 N–H and O–H groups in total. The Labute approximate surface area is 115 Å². The maximum Gasteiger partial charge on any atom is 0.0675 e. The molecule has 0 bridgehead atoms.